The highest BCUT2D eigenvalue weighted by Gasteiger charge is 2.39. The van der Waals surface area contributed by atoms with E-state index in [1.165, 1.54) is 22.5 Å². The molecule has 6 nitrogen and oxygen atoms in total. The quantitative estimate of drug-likeness (QED) is 0.691. The van der Waals surface area contributed by atoms with Gasteiger partial charge in [0, 0.05) is 61.7 Å². The molecule has 3 aliphatic heterocycles. The lowest BCUT2D eigenvalue weighted by Crippen LogP contribution is -2.51. The van der Waals surface area contributed by atoms with Crippen molar-refractivity contribution in [2.75, 3.05) is 36.4 Å². The predicted molar refractivity (Wildman–Crippen MR) is 123 cm³/mol. The SMILES string of the molecule is C[C@@H]1CN(c2ccc(C#N)c3ncccc23)CC2c3ccc(NC4CNC4)cc3CN21. The van der Waals surface area contributed by atoms with Crippen LogP contribution < -0.4 is 15.5 Å². The smallest absolute Gasteiger partial charge is 0.101 e. The first-order valence-corrected chi connectivity index (χ1v) is 11.1. The zero-order chi connectivity index (χ0) is 20.9. The first kappa shape index (κ1) is 18.6. The highest BCUT2D eigenvalue weighted by atomic mass is 15.3. The van der Waals surface area contributed by atoms with Gasteiger partial charge in [-0.05, 0) is 54.4 Å². The van der Waals surface area contributed by atoms with E-state index in [1.54, 1.807) is 6.20 Å². The second kappa shape index (κ2) is 7.23. The highest BCUT2D eigenvalue weighted by Crippen LogP contribution is 2.42. The number of piperazine rings is 1. The van der Waals surface area contributed by atoms with Crippen LogP contribution in [0.25, 0.3) is 10.9 Å². The molecule has 0 amide bonds. The van der Waals surface area contributed by atoms with Crippen molar-refractivity contribution in [1.29, 1.82) is 5.26 Å². The Labute approximate surface area is 182 Å². The van der Waals surface area contributed by atoms with E-state index in [0.29, 0.717) is 23.7 Å². The minimum absolute atomic E-state index is 0.389. The predicted octanol–water partition coefficient (Wildman–Crippen LogP) is 3.26. The molecule has 2 N–H and O–H groups in total. The van der Waals surface area contributed by atoms with Gasteiger partial charge in [-0.15, -0.1) is 0 Å². The topological polar surface area (TPSA) is 67.2 Å². The Morgan fingerprint density at radius 2 is 2.06 bits per heavy atom. The summed E-state index contributed by atoms with van der Waals surface area (Å²) in [6.45, 7) is 7.36. The van der Waals surface area contributed by atoms with Crippen LogP contribution in [0, 0.1) is 11.3 Å². The first-order chi connectivity index (χ1) is 15.2. The van der Waals surface area contributed by atoms with E-state index < -0.39 is 0 Å². The molecule has 3 aliphatic rings. The van der Waals surface area contributed by atoms with Crippen molar-refractivity contribution in [2.45, 2.75) is 31.6 Å². The maximum Gasteiger partial charge on any atom is 0.101 e. The molecule has 1 unspecified atom stereocenters. The van der Waals surface area contributed by atoms with Crippen molar-refractivity contribution in [1.82, 2.24) is 15.2 Å². The van der Waals surface area contributed by atoms with E-state index in [2.05, 4.69) is 68.7 Å². The molecule has 0 bridgehead atoms. The molecule has 1 aromatic heterocycles. The van der Waals surface area contributed by atoms with Gasteiger partial charge in [0.05, 0.1) is 23.2 Å². The number of fused-ring (bicyclic) bond motifs is 4. The summed E-state index contributed by atoms with van der Waals surface area (Å²) >= 11 is 0. The largest absolute Gasteiger partial charge is 0.380 e. The van der Waals surface area contributed by atoms with Gasteiger partial charge >= 0.3 is 0 Å². The van der Waals surface area contributed by atoms with Crippen LogP contribution in [0.3, 0.4) is 0 Å². The zero-order valence-corrected chi connectivity index (χ0v) is 17.7. The maximum absolute atomic E-state index is 9.49. The number of nitrogens with zero attached hydrogens (tertiary/aromatic N) is 4. The Morgan fingerprint density at radius 3 is 2.87 bits per heavy atom. The molecule has 2 saturated heterocycles. The third-order valence-electron chi connectivity index (χ3n) is 7.06. The molecule has 6 heteroatoms. The van der Waals surface area contributed by atoms with Gasteiger partial charge in [0.15, 0.2) is 0 Å². The number of hydrogen-bond acceptors (Lipinski definition) is 6. The van der Waals surface area contributed by atoms with Crippen LogP contribution in [0.2, 0.25) is 0 Å². The number of hydrogen-bond donors (Lipinski definition) is 2. The fourth-order valence-electron chi connectivity index (χ4n) is 5.36. The number of benzene rings is 2. The molecule has 4 heterocycles. The maximum atomic E-state index is 9.49. The molecule has 2 fully saturated rings. The van der Waals surface area contributed by atoms with Gasteiger partial charge < -0.3 is 15.5 Å². The lowest BCUT2D eigenvalue weighted by Gasteiger charge is -2.43. The van der Waals surface area contributed by atoms with Crippen LogP contribution in [0.4, 0.5) is 11.4 Å². The van der Waals surface area contributed by atoms with Gasteiger partial charge in [0.1, 0.15) is 6.07 Å². The molecule has 31 heavy (non-hydrogen) atoms. The van der Waals surface area contributed by atoms with E-state index >= 15 is 0 Å². The molecule has 0 saturated carbocycles. The Bertz CT molecular complexity index is 1190. The Balaban J connectivity index is 1.33. The van der Waals surface area contributed by atoms with Crippen LogP contribution in [0.5, 0.6) is 0 Å². The van der Waals surface area contributed by atoms with Gasteiger partial charge in [-0.25, -0.2) is 0 Å². The lowest BCUT2D eigenvalue weighted by molar-refractivity contribution is 0.134. The molecule has 2 aromatic carbocycles. The summed E-state index contributed by atoms with van der Waals surface area (Å²) in [7, 11) is 0. The minimum atomic E-state index is 0.389. The van der Waals surface area contributed by atoms with E-state index in [4.69, 9.17) is 0 Å². The second-order valence-corrected chi connectivity index (χ2v) is 9.00. The van der Waals surface area contributed by atoms with Gasteiger partial charge in [-0.3, -0.25) is 9.88 Å². The third-order valence-corrected chi connectivity index (χ3v) is 7.06. The van der Waals surface area contributed by atoms with Crippen LogP contribution in [0.15, 0.2) is 48.7 Å². The summed E-state index contributed by atoms with van der Waals surface area (Å²) in [5.74, 6) is 0. The van der Waals surface area contributed by atoms with Crippen molar-refractivity contribution in [3.05, 3.63) is 65.4 Å². The van der Waals surface area contributed by atoms with Gasteiger partial charge in [-0.2, -0.15) is 5.26 Å². The Kier molecular flexibility index (Phi) is 4.34. The van der Waals surface area contributed by atoms with E-state index in [-0.39, 0.29) is 0 Å². The summed E-state index contributed by atoms with van der Waals surface area (Å²) in [6.07, 6.45) is 1.77. The number of nitrogens with one attached hydrogen (secondary N) is 2. The number of pyridine rings is 1. The van der Waals surface area contributed by atoms with Gasteiger partial charge in [0.25, 0.3) is 0 Å². The second-order valence-electron chi connectivity index (χ2n) is 9.00. The van der Waals surface area contributed by atoms with Crippen molar-refractivity contribution < 1.29 is 0 Å². The minimum Gasteiger partial charge on any atom is -0.380 e. The van der Waals surface area contributed by atoms with Gasteiger partial charge in [0.2, 0.25) is 0 Å². The van der Waals surface area contributed by atoms with Gasteiger partial charge in [-0.1, -0.05) is 6.07 Å². The molecular formula is C25H26N6. The summed E-state index contributed by atoms with van der Waals surface area (Å²) < 4.78 is 0. The van der Waals surface area contributed by atoms with Crippen molar-refractivity contribution in [3.63, 3.8) is 0 Å². The Hall–Kier alpha value is -3.14. The summed E-state index contributed by atoms with van der Waals surface area (Å²) in [5.41, 5.74) is 6.74. The Morgan fingerprint density at radius 1 is 1.16 bits per heavy atom. The summed E-state index contributed by atoms with van der Waals surface area (Å²) in [4.78, 5) is 9.63. The summed E-state index contributed by atoms with van der Waals surface area (Å²) in [6, 6.07) is 18.6. The fourth-order valence-corrected chi connectivity index (χ4v) is 5.36. The number of anilines is 2. The number of nitriles is 1. The van der Waals surface area contributed by atoms with E-state index in [1.807, 2.05) is 12.1 Å². The third kappa shape index (κ3) is 3.04. The average molecular weight is 411 g/mol. The molecule has 156 valence electrons. The van der Waals surface area contributed by atoms with Crippen LogP contribution >= 0.6 is 0 Å². The van der Waals surface area contributed by atoms with Crippen LogP contribution in [0.1, 0.15) is 29.7 Å². The van der Waals surface area contributed by atoms with E-state index in [9.17, 15) is 5.26 Å². The normalized spacial score (nSPS) is 23.2. The molecule has 0 spiro atoms. The standard InChI is InChI=1S/C25H26N6/c1-16-13-30(23-7-4-17(10-26)25-22(23)3-2-8-28-25)15-24-21-6-5-19(29-20-11-27-12-20)9-18(21)14-31(16)24/h2-9,16,20,24,27,29H,11-15H2,1H3/t16-,24?/m1/s1. The van der Waals surface area contributed by atoms with Crippen LogP contribution in [-0.4, -0.2) is 48.1 Å². The highest BCUT2D eigenvalue weighted by molar-refractivity contribution is 5.95. The molecule has 6 rings (SSSR count). The monoisotopic (exact) mass is 410 g/mol. The number of aromatic nitrogens is 1. The van der Waals surface area contributed by atoms with Crippen molar-refractivity contribution in [2.24, 2.45) is 0 Å². The van der Waals surface area contributed by atoms with E-state index in [0.717, 1.165) is 43.6 Å². The number of rotatable bonds is 3. The average Bonchev–Trinajstić information content (AvgIpc) is 3.14. The molecule has 0 radical (unpaired) electrons. The lowest BCUT2D eigenvalue weighted by atomic mass is 9.99. The molecule has 0 aliphatic carbocycles. The fraction of sp³-hybridized carbons (Fsp3) is 0.360. The first-order valence-electron chi connectivity index (χ1n) is 11.1. The van der Waals surface area contributed by atoms with Crippen molar-refractivity contribution in [3.8, 4) is 6.07 Å². The molecule has 3 aromatic rings. The molecular weight excluding hydrogens is 384 g/mol. The zero-order valence-electron chi connectivity index (χ0n) is 17.7. The van der Waals surface area contributed by atoms with Crippen LogP contribution in [-0.2, 0) is 6.54 Å². The summed E-state index contributed by atoms with van der Waals surface area (Å²) in [5, 5.41) is 17.5. The van der Waals surface area contributed by atoms with Crippen molar-refractivity contribution >= 4 is 22.3 Å². The molecule has 2 atom stereocenters.